The number of hydrogen-bond donors (Lipinski definition) is 1. The molecule has 178 valence electrons. The summed E-state index contributed by atoms with van der Waals surface area (Å²) in [5.41, 5.74) is 2.14. The molecule has 0 aliphatic carbocycles. The zero-order valence-electron chi connectivity index (χ0n) is 19.5. The van der Waals surface area contributed by atoms with Gasteiger partial charge in [0.2, 0.25) is 15.9 Å². The summed E-state index contributed by atoms with van der Waals surface area (Å²) in [7, 11) is -3.46. The lowest BCUT2D eigenvalue weighted by atomic mass is 10.0. The van der Waals surface area contributed by atoms with Crippen LogP contribution in [0.15, 0.2) is 54.6 Å². The van der Waals surface area contributed by atoms with E-state index in [9.17, 15) is 18.0 Å². The van der Waals surface area contributed by atoms with Crippen LogP contribution in [0.25, 0.3) is 0 Å². The minimum Gasteiger partial charge on any atom is -0.340 e. The number of aryl methyl sites for hydroxylation is 1. The maximum absolute atomic E-state index is 13.3. The maximum atomic E-state index is 13.3. The molecule has 1 saturated heterocycles. The summed E-state index contributed by atoms with van der Waals surface area (Å²) < 4.78 is 27.1. The van der Waals surface area contributed by atoms with Crippen molar-refractivity contribution >= 4 is 21.8 Å². The Hall–Kier alpha value is -2.71. The van der Waals surface area contributed by atoms with Gasteiger partial charge in [0.05, 0.1) is 5.75 Å². The molecule has 0 saturated carbocycles. The fourth-order valence-electron chi connectivity index (χ4n) is 4.04. The first-order valence-corrected chi connectivity index (χ1v) is 13.0. The summed E-state index contributed by atoms with van der Waals surface area (Å²) in [6.07, 6.45) is 0.517. The molecule has 8 heteroatoms. The molecule has 1 atom stereocenters. The molecule has 0 radical (unpaired) electrons. The topological polar surface area (TPSA) is 86.8 Å². The first kappa shape index (κ1) is 24.9. The second-order valence-corrected chi connectivity index (χ2v) is 10.9. The van der Waals surface area contributed by atoms with Crippen molar-refractivity contribution in [2.75, 3.05) is 26.2 Å². The summed E-state index contributed by atoms with van der Waals surface area (Å²) in [5, 5.41) is 2.91. The van der Waals surface area contributed by atoms with E-state index in [-0.39, 0.29) is 36.6 Å². The van der Waals surface area contributed by atoms with Crippen molar-refractivity contribution in [3.05, 3.63) is 71.3 Å². The van der Waals surface area contributed by atoms with Crippen LogP contribution < -0.4 is 5.32 Å². The van der Waals surface area contributed by atoms with Gasteiger partial charge in [-0.2, -0.15) is 4.31 Å². The van der Waals surface area contributed by atoms with Crippen LogP contribution in [-0.4, -0.2) is 61.7 Å². The molecule has 7 nitrogen and oxygen atoms in total. The monoisotopic (exact) mass is 471 g/mol. The SMILES string of the molecule is Cc1ccccc1C(=O)NC(CC(C)C)C(=O)N1CCN(S(=O)(=O)Cc2ccccc2)CC1. The van der Waals surface area contributed by atoms with Crippen molar-refractivity contribution in [3.8, 4) is 0 Å². The Balaban J connectivity index is 1.63. The Morgan fingerprint density at radius 3 is 2.15 bits per heavy atom. The van der Waals surface area contributed by atoms with Crippen molar-refractivity contribution in [1.29, 1.82) is 0 Å². The maximum Gasteiger partial charge on any atom is 0.252 e. The highest BCUT2D eigenvalue weighted by molar-refractivity contribution is 7.88. The van der Waals surface area contributed by atoms with Crippen molar-refractivity contribution in [2.45, 2.75) is 39.0 Å². The van der Waals surface area contributed by atoms with E-state index in [4.69, 9.17) is 0 Å². The average Bonchev–Trinajstić information content (AvgIpc) is 2.78. The van der Waals surface area contributed by atoms with Crippen molar-refractivity contribution in [1.82, 2.24) is 14.5 Å². The summed E-state index contributed by atoms with van der Waals surface area (Å²) in [6, 6.07) is 15.7. The van der Waals surface area contributed by atoms with Crippen LogP contribution in [0.1, 0.15) is 41.8 Å². The van der Waals surface area contributed by atoms with Crippen LogP contribution >= 0.6 is 0 Å². The molecule has 3 rings (SSSR count). The Kier molecular flexibility index (Phi) is 8.26. The standard InChI is InChI=1S/C25H33N3O4S/c1-19(2)17-23(26-24(29)22-12-8-7-9-20(22)3)25(30)27-13-15-28(16-14-27)33(31,32)18-21-10-5-4-6-11-21/h4-12,19,23H,13-18H2,1-3H3,(H,26,29). The number of benzene rings is 2. The highest BCUT2D eigenvalue weighted by Crippen LogP contribution is 2.16. The van der Waals surface area contributed by atoms with Crippen LogP contribution in [0.5, 0.6) is 0 Å². The molecule has 2 amide bonds. The van der Waals surface area contributed by atoms with Gasteiger partial charge in [-0.1, -0.05) is 62.4 Å². The van der Waals surface area contributed by atoms with Gasteiger partial charge in [-0.15, -0.1) is 0 Å². The lowest BCUT2D eigenvalue weighted by Gasteiger charge is -2.36. The van der Waals surface area contributed by atoms with E-state index in [1.54, 1.807) is 29.2 Å². The fourth-order valence-corrected chi connectivity index (χ4v) is 5.56. The third-order valence-electron chi connectivity index (χ3n) is 5.84. The number of piperazine rings is 1. The van der Waals surface area contributed by atoms with Crippen molar-refractivity contribution in [3.63, 3.8) is 0 Å². The molecule has 0 bridgehead atoms. The Labute approximate surface area is 196 Å². The van der Waals surface area contributed by atoms with Crippen molar-refractivity contribution in [2.24, 2.45) is 5.92 Å². The molecular formula is C25H33N3O4S. The molecule has 2 aromatic carbocycles. The Morgan fingerprint density at radius 1 is 0.939 bits per heavy atom. The molecule has 0 aromatic heterocycles. The number of hydrogen-bond acceptors (Lipinski definition) is 4. The van der Waals surface area contributed by atoms with Crippen LogP contribution in [0.3, 0.4) is 0 Å². The van der Waals surface area contributed by atoms with Gasteiger partial charge >= 0.3 is 0 Å². The molecular weight excluding hydrogens is 438 g/mol. The van der Waals surface area contributed by atoms with Crippen LogP contribution in [0.2, 0.25) is 0 Å². The van der Waals surface area contributed by atoms with Crippen LogP contribution in [0.4, 0.5) is 0 Å². The third kappa shape index (κ3) is 6.65. The summed E-state index contributed by atoms with van der Waals surface area (Å²) in [6.45, 7) is 7.00. The minimum atomic E-state index is -3.46. The predicted octanol–water partition coefficient (Wildman–Crippen LogP) is 2.81. The minimum absolute atomic E-state index is 0.0513. The molecule has 1 N–H and O–H groups in total. The van der Waals surface area contributed by atoms with E-state index in [1.807, 2.05) is 51.1 Å². The Bertz CT molecular complexity index is 1060. The molecule has 1 aliphatic rings. The van der Waals surface area contributed by atoms with Gasteiger partial charge in [0.25, 0.3) is 5.91 Å². The lowest BCUT2D eigenvalue weighted by molar-refractivity contribution is -0.134. The van der Waals surface area contributed by atoms with E-state index in [0.717, 1.165) is 11.1 Å². The highest BCUT2D eigenvalue weighted by atomic mass is 32.2. The highest BCUT2D eigenvalue weighted by Gasteiger charge is 2.33. The van der Waals surface area contributed by atoms with Gasteiger partial charge in [-0.05, 0) is 36.5 Å². The molecule has 0 spiro atoms. The molecule has 2 aromatic rings. The van der Waals surface area contributed by atoms with E-state index in [2.05, 4.69) is 5.32 Å². The number of carbonyl (C=O) groups excluding carboxylic acids is 2. The van der Waals surface area contributed by atoms with Gasteiger partial charge in [-0.3, -0.25) is 9.59 Å². The first-order valence-electron chi connectivity index (χ1n) is 11.3. The second kappa shape index (κ2) is 10.9. The van der Waals surface area contributed by atoms with Gasteiger partial charge in [-0.25, -0.2) is 8.42 Å². The number of nitrogens with zero attached hydrogens (tertiary/aromatic N) is 2. The molecule has 1 aliphatic heterocycles. The Morgan fingerprint density at radius 2 is 1.55 bits per heavy atom. The first-order chi connectivity index (χ1) is 15.7. The zero-order chi connectivity index (χ0) is 24.0. The number of carbonyl (C=O) groups is 2. The van der Waals surface area contributed by atoms with Gasteiger partial charge in [0.15, 0.2) is 0 Å². The predicted molar refractivity (Wildman–Crippen MR) is 129 cm³/mol. The van der Waals surface area contributed by atoms with Gasteiger partial charge < -0.3 is 10.2 Å². The second-order valence-electron chi connectivity index (χ2n) is 8.94. The van der Waals surface area contributed by atoms with E-state index in [0.29, 0.717) is 25.1 Å². The summed E-state index contributed by atoms with van der Waals surface area (Å²) >= 11 is 0. The van der Waals surface area contributed by atoms with Crippen LogP contribution in [0, 0.1) is 12.8 Å². The molecule has 33 heavy (non-hydrogen) atoms. The number of amides is 2. The average molecular weight is 472 g/mol. The van der Waals surface area contributed by atoms with Gasteiger partial charge in [0.1, 0.15) is 6.04 Å². The molecule has 1 heterocycles. The number of sulfonamides is 1. The van der Waals surface area contributed by atoms with Crippen LogP contribution in [-0.2, 0) is 20.6 Å². The van der Waals surface area contributed by atoms with E-state index >= 15 is 0 Å². The van der Waals surface area contributed by atoms with E-state index < -0.39 is 16.1 Å². The third-order valence-corrected chi connectivity index (χ3v) is 7.69. The zero-order valence-corrected chi connectivity index (χ0v) is 20.3. The van der Waals surface area contributed by atoms with E-state index in [1.165, 1.54) is 4.31 Å². The normalized spacial score (nSPS) is 15.9. The lowest BCUT2D eigenvalue weighted by Crippen LogP contribution is -2.56. The van der Waals surface area contributed by atoms with Gasteiger partial charge in [0, 0.05) is 31.7 Å². The number of nitrogens with one attached hydrogen (secondary N) is 1. The smallest absolute Gasteiger partial charge is 0.252 e. The fraction of sp³-hybridized carbons (Fsp3) is 0.440. The van der Waals surface area contributed by atoms with Crippen molar-refractivity contribution < 1.29 is 18.0 Å². The summed E-state index contributed by atoms with van der Waals surface area (Å²) in [5.74, 6) is -0.268. The molecule has 1 fully saturated rings. The number of rotatable bonds is 8. The quantitative estimate of drug-likeness (QED) is 0.641. The molecule has 1 unspecified atom stereocenters. The summed E-state index contributed by atoms with van der Waals surface area (Å²) in [4.78, 5) is 27.8. The largest absolute Gasteiger partial charge is 0.340 e.